The molecule has 0 saturated carbocycles. The van der Waals surface area contributed by atoms with Crippen LogP contribution in [0.3, 0.4) is 0 Å². The van der Waals surface area contributed by atoms with Crippen LogP contribution in [0, 0.1) is 0 Å². The molecule has 1 aliphatic heterocycles. The minimum absolute atomic E-state index is 0.625. The molecule has 1 fully saturated rings. The van der Waals surface area contributed by atoms with Crippen molar-refractivity contribution in [3.05, 3.63) is 30.3 Å². The lowest BCUT2D eigenvalue weighted by Gasteiger charge is -2.23. The van der Waals surface area contributed by atoms with Gasteiger partial charge in [0.25, 0.3) is 0 Å². The van der Waals surface area contributed by atoms with Gasteiger partial charge >= 0.3 is 0 Å². The predicted octanol–water partition coefficient (Wildman–Crippen LogP) is 1.87. The highest BCUT2D eigenvalue weighted by Crippen LogP contribution is 2.12. The Hall–Kier alpha value is -1.02. The maximum absolute atomic E-state index is 4.33. The molecule has 0 atom stereocenters. The molecular formula is C11H15N2. The molecule has 0 aliphatic carbocycles. The quantitative estimate of drug-likeness (QED) is 0.729. The fourth-order valence-corrected chi connectivity index (χ4v) is 1.66. The third kappa shape index (κ3) is 2.46. The number of nitrogens with zero attached hydrogens (tertiary/aromatic N) is 1. The molecule has 0 unspecified atom stereocenters. The first-order chi connectivity index (χ1) is 6.45. The molecule has 1 aromatic rings. The summed E-state index contributed by atoms with van der Waals surface area (Å²) >= 11 is 0. The van der Waals surface area contributed by atoms with E-state index < -0.39 is 0 Å². The Bertz CT molecular complexity index is 240. The van der Waals surface area contributed by atoms with Crippen molar-refractivity contribution >= 4 is 5.69 Å². The zero-order valence-electron chi connectivity index (χ0n) is 7.74. The van der Waals surface area contributed by atoms with Crippen LogP contribution in [0.1, 0.15) is 12.8 Å². The Morgan fingerprint density at radius 2 is 1.77 bits per heavy atom. The minimum atomic E-state index is 0.625. The zero-order valence-corrected chi connectivity index (χ0v) is 7.74. The standard InChI is InChI=1S/C11H15N2/c1-2-4-10(5-3-1)13-11-6-8-12-9-7-11/h1-5,11,13H,6-9H2. The van der Waals surface area contributed by atoms with E-state index in [1.807, 2.05) is 6.07 Å². The summed E-state index contributed by atoms with van der Waals surface area (Å²) in [5.74, 6) is 0. The largest absolute Gasteiger partial charge is 0.382 e. The third-order valence-corrected chi connectivity index (χ3v) is 2.42. The average molecular weight is 175 g/mol. The molecule has 2 heteroatoms. The first kappa shape index (κ1) is 8.57. The molecular weight excluding hydrogens is 160 g/mol. The van der Waals surface area contributed by atoms with Gasteiger partial charge in [0, 0.05) is 24.8 Å². The Kier molecular flexibility index (Phi) is 2.82. The molecule has 1 N–H and O–H groups in total. The summed E-state index contributed by atoms with van der Waals surface area (Å²) in [6.45, 7) is 2.04. The molecule has 1 saturated heterocycles. The summed E-state index contributed by atoms with van der Waals surface area (Å²) in [6.07, 6.45) is 2.35. The van der Waals surface area contributed by atoms with Crippen molar-refractivity contribution < 1.29 is 0 Å². The van der Waals surface area contributed by atoms with E-state index in [1.54, 1.807) is 0 Å². The second-order valence-electron chi connectivity index (χ2n) is 3.46. The first-order valence-electron chi connectivity index (χ1n) is 4.90. The lowest BCUT2D eigenvalue weighted by molar-refractivity contribution is 0.472. The topological polar surface area (TPSA) is 26.1 Å². The Labute approximate surface area is 79.4 Å². The van der Waals surface area contributed by atoms with Crippen molar-refractivity contribution in [3.8, 4) is 0 Å². The number of hydrogen-bond acceptors (Lipinski definition) is 1. The molecule has 1 aromatic carbocycles. The SMILES string of the molecule is c1ccc(NC2CC[N]CC2)cc1. The summed E-state index contributed by atoms with van der Waals surface area (Å²) in [5.41, 5.74) is 1.23. The highest BCUT2D eigenvalue weighted by molar-refractivity contribution is 5.43. The Morgan fingerprint density at radius 3 is 2.46 bits per heavy atom. The fraction of sp³-hybridized carbons (Fsp3) is 0.455. The van der Waals surface area contributed by atoms with E-state index in [1.165, 1.54) is 18.5 Å². The fourth-order valence-electron chi connectivity index (χ4n) is 1.66. The van der Waals surface area contributed by atoms with Gasteiger partial charge in [-0.15, -0.1) is 0 Å². The number of rotatable bonds is 2. The van der Waals surface area contributed by atoms with Crippen LogP contribution < -0.4 is 10.6 Å². The highest BCUT2D eigenvalue weighted by atomic mass is 15.0. The van der Waals surface area contributed by atoms with Crippen molar-refractivity contribution in [2.24, 2.45) is 0 Å². The van der Waals surface area contributed by atoms with E-state index >= 15 is 0 Å². The summed E-state index contributed by atoms with van der Waals surface area (Å²) in [5, 5.41) is 7.85. The first-order valence-corrected chi connectivity index (χ1v) is 4.90. The van der Waals surface area contributed by atoms with Crippen LogP contribution in [0.5, 0.6) is 0 Å². The van der Waals surface area contributed by atoms with E-state index in [9.17, 15) is 0 Å². The predicted molar refractivity (Wildman–Crippen MR) is 55.0 cm³/mol. The molecule has 2 rings (SSSR count). The number of anilines is 1. The molecule has 0 aromatic heterocycles. The normalized spacial score (nSPS) is 18.5. The lowest BCUT2D eigenvalue weighted by Crippen LogP contribution is -2.31. The molecule has 69 valence electrons. The van der Waals surface area contributed by atoms with Crippen molar-refractivity contribution in [1.29, 1.82) is 0 Å². The monoisotopic (exact) mass is 175 g/mol. The van der Waals surface area contributed by atoms with Crippen molar-refractivity contribution in [2.75, 3.05) is 18.4 Å². The molecule has 13 heavy (non-hydrogen) atoms. The highest BCUT2D eigenvalue weighted by Gasteiger charge is 2.12. The van der Waals surface area contributed by atoms with Crippen LogP contribution in [-0.4, -0.2) is 19.1 Å². The number of piperidine rings is 1. The lowest BCUT2D eigenvalue weighted by atomic mass is 10.1. The Balaban J connectivity index is 1.90. The molecule has 1 heterocycles. The maximum atomic E-state index is 4.33. The van der Waals surface area contributed by atoms with Crippen molar-refractivity contribution in [3.63, 3.8) is 0 Å². The number of nitrogens with one attached hydrogen (secondary N) is 1. The van der Waals surface area contributed by atoms with Gasteiger partial charge in [0.1, 0.15) is 0 Å². The molecule has 1 aliphatic rings. The average Bonchev–Trinajstić information content (AvgIpc) is 2.21. The van der Waals surface area contributed by atoms with E-state index in [0.29, 0.717) is 6.04 Å². The molecule has 0 amide bonds. The van der Waals surface area contributed by atoms with Crippen LogP contribution >= 0.6 is 0 Å². The summed E-state index contributed by atoms with van der Waals surface area (Å²) in [4.78, 5) is 0. The number of hydrogen-bond donors (Lipinski definition) is 1. The van der Waals surface area contributed by atoms with Gasteiger partial charge in [0.15, 0.2) is 0 Å². The van der Waals surface area contributed by atoms with E-state index in [0.717, 1.165) is 13.1 Å². The molecule has 0 spiro atoms. The van der Waals surface area contributed by atoms with Crippen molar-refractivity contribution in [1.82, 2.24) is 5.32 Å². The Morgan fingerprint density at radius 1 is 1.08 bits per heavy atom. The van der Waals surface area contributed by atoms with Crippen LogP contribution in [-0.2, 0) is 0 Å². The van der Waals surface area contributed by atoms with Crippen LogP contribution in [0.2, 0.25) is 0 Å². The van der Waals surface area contributed by atoms with Crippen LogP contribution in [0.4, 0.5) is 5.69 Å². The van der Waals surface area contributed by atoms with Gasteiger partial charge in [-0.25, -0.2) is 5.32 Å². The molecule has 0 bridgehead atoms. The van der Waals surface area contributed by atoms with Crippen LogP contribution in [0.15, 0.2) is 30.3 Å². The summed E-state index contributed by atoms with van der Waals surface area (Å²) in [7, 11) is 0. The van der Waals surface area contributed by atoms with Gasteiger partial charge in [-0.05, 0) is 25.0 Å². The van der Waals surface area contributed by atoms with Gasteiger partial charge in [-0.2, -0.15) is 0 Å². The van der Waals surface area contributed by atoms with Crippen LogP contribution in [0.25, 0.3) is 0 Å². The smallest absolute Gasteiger partial charge is 0.0342 e. The summed E-state index contributed by atoms with van der Waals surface area (Å²) in [6, 6.07) is 11.0. The van der Waals surface area contributed by atoms with Gasteiger partial charge in [-0.1, -0.05) is 18.2 Å². The van der Waals surface area contributed by atoms with Crippen molar-refractivity contribution in [2.45, 2.75) is 18.9 Å². The van der Waals surface area contributed by atoms with E-state index in [4.69, 9.17) is 0 Å². The second kappa shape index (κ2) is 4.28. The van der Waals surface area contributed by atoms with E-state index in [-0.39, 0.29) is 0 Å². The number of benzene rings is 1. The van der Waals surface area contributed by atoms with Gasteiger partial charge < -0.3 is 5.32 Å². The second-order valence-corrected chi connectivity index (χ2v) is 3.46. The zero-order chi connectivity index (χ0) is 8.93. The van der Waals surface area contributed by atoms with Gasteiger partial charge in [0.2, 0.25) is 0 Å². The maximum Gasteiger partial charge on any atom is 0.0342 e. The minimum Gasteiger partial charge on any atom is -0.382 e. The molecule has 2 nitrogen and oxygen atoms in total. The molecule has 1 radical (unpaired) electrons. The van der Waals surface area contributed by atoms with E-state index in [2.05, 4.69) is 34.9 Å². The third-order valence-electron chi connectivity index (χ3n) is 2.42. The van der Waals surface area contributed by atoms with Gasteiger partial charge in [-0.3, -0.25) is 0 Å². The van der Waals surface area contributed by atoms with Gasteiger partial charge in [0.05, 0.1) is 0 Å². The number of para-hydroxylation sites is 1. The summed E-state index contributed by atoms with van der Waals surface area (Å²) < 4.78 is 0.